The van der Waals surface area contributed by atoms with Crippen molar-refractivity contribution in [3.8, 4) is 0 Å². The molecule has 0 aromatic heterocycles. The highest BCUT2D eigenvalue weighted by atomic mass is 15.0. The lowest BCUT2D eigenvalue weighted by atomic mass is 9.91. The van der Waals surface area contributed by atoms with Gasteiger partial charge in [0, 0.05) is 0 Å². The lowest BCUT2D eigenvalue weighted by molar-refractivity contribution is 0.335. The highest BCUT2D eigenvalue weighted by Crippen LogP contribution is 2.24. The van der Waals surface area contributed by atoms with Crippen molar-refractivity contribution in [1.29, 1.82) is 0 Å². The van der Waals surface area contributed by atoms with Crippen LogP contribution in [0, 0.1) is 5.92 Å². The smallest absolute Gasteiger partial charge is 0.00247 e. The monoisotopic (exact) mass is 239 g/mol. The summed E-state index contributed by atoms with van der Waals surface area (Å²) in [4.78, 5) is 2.32. The Bertz CT molecular complexity index is 153. The first-order valence-corrected chi connectivity index (χ1v) is 7.94. The molecule has 0 N–H and O–H groups in total. The van der Waals surface area contributed by atoms with Gasteiger partial charge in [-0.3, -0.25) is 0 Å². The fourth-order valence-electron chi connectivity index (χ4n) is 3.06. The summed E-state index contributed by atoms with van der Waals surface area (Å²) in [5.41, 5.74) is 0. The highest BCUT2D eigenvalue weighted by molar-refractivity contribution is 4.63. The summed E-state index contributed by atoms with van der Waals surface area (Å²) in [6.45, 7) is 1.27. The molecular formula is C16H33N. The molecule has 0 spiro atoms. The molecular weight excluding hydrogens is 206 g/mol. The Balaban J connectivity index is 2.18. The molecule has 0 unspecified atom stereocenters. The van der Waals surface area contributed by atoms with Crippen molar-refractivity contribution in [3.05, 3.63) is 0 Å². The minimum absolute atomic E-state index is 1.04. The third-order valence-corrected chi connectivity index (χ3v) is 4.19. The third kappa shape index (κ3) is 8.65. The predicted molar refractivity (Wildman–Crippen MR) is 77.4 cm³/mol. The minimum atomic E-state index is 1.04. The first-order valence-electron chi connectivity index (χ1n) is 7.94. The van der Waals surface area contributed by atoms with Gasteiger partial charge in [-0.2, -0.15) is 0 Å². The zero-order valence-corrected chi connectivity index (χ0v) is 12.2. The van der Waals surface area contributed by atoms with E-state index in [2.05, 4.69) is 19.0 Å². The standard InChI is InChI=1S/C16H33N/c1-17(2)15-11-14-16-12-9-7-5-3-4-6-8-10-13-16/h16H,3-15H2,1-2H3. The molecule has 1 nitrogen and oxygen atoms in total. The predicted octanol–water partition coefficient (Wildman–Crippen LogP) is 4.86. The Morgan fingerprint density at radius 2 is 1.24 bits per heavy atom. The highest BCUT2D eigenvalue weighted by Gasteiger charge is 2.09. The maximum atomic E-state index is 2.32. The second kappa shape index (κ2) is 9.94. The average Bonchev–Trinajstić information content (AvgIpc) is 2.34. The van der Waals surface area contributed by atoms with E-state index < -0.39 is 0 Å². The van der Waals surface area contributed by atoms with E-state index in [0.717, 1.165) is 5.92 Å². The molecule has 0 saturated heterocycles. The zero-order chi connectivity index (χ0) is 12.3. The molecule has 1 aliphatic rings. The van der Waals surface area contributed by atoms with Crippen LogP contribution in [0.2, 0.25) is 0 Å². The topological polar surface area (TPSA) is 3.24 Å². The molecule has 0 bridgehead atoms. The average molecular weight is 239 g/mol. The number of nitrogens with zero attached hydrogens (tertiary/aromatic N) is 1. The molecule has 1 saturated carbocycles. The molecule has 0 amide bonds. The van der Waals surface area contributed by atoms with Crippen LogP contribution < -0.4 is 0 Å². The van der Waals surface area contributed by atoms with Gasteiger partial charge in [0.15, 0.2) is 0 Å². The Morgan fingerprint density at radius 3 is 1.71 bits per heavy atom. The van der Waals surface area contributed by atoms with Crippen molar-refractivity contribution >= 4 is 0 Å². The van der Waals surface area contributed by atoms with Crippen molar-refractivity contribution in [2.45, 2.75) is 77.0 Å². The van der Waals surface area contributed by atoms with E-state index in [9.17, 15) is 0 Å². The molecule has 17 heavy (non-hydrogen) atoms. The summed E-state index contributed by atoms with van der Waals surface area (Å²) >= 11 is 0. The van der Waals surface area contributed by atoms with Crippen molar-refractivity contribution in [1.82, 2.24) is 4.90 Å². The zero-order valence-electron chi connectivity index (χ0n) is 12.2. The number of rotatable bonds is 4. The summed E-state index contributed by atoms with van der Waals surface area (Å²) in [5.74, 6) is 1.04. The van der Waals surface area contributed by atoms with Gasteiger partial charge in [-0.15, -0.1) is 0 Å². The lowest BCUT2D eigenvalue weighted by Crippen LogP contribution is -2.14. The largest absolute Gasteiger partial charge is 0.309 e. The van der Waals surface area contributed by atoms with Gasteiger partial charge < -0.3 is 4.90 Å². The summed E-state index contributed by atoms with van der Waals surface area (Å²) in [7, 11) is 4.38. The molecule has 1 rings (SSSR count). The quantitative estimate of drug-likeness (QED) is 0.677. The minimum Gasteiger partial charge on any atom is -0.309 e. The maximum absolute atomic E-state index is 2.32. The van der Waals surface area contributed by atoms with Crippen LogP contribution in [0.5, 0.6) is 0 Å². The van der Waals surface area contributed by atoms with Crippen LogP contribution in [-0.2, 0) is 0 Å². The molecule has 0 heterocycles. The van der Waals surface area contributed by atoms with Crippen LogP contribution in [-0.4, -0.2) is 25.5 Å². The lowest BCUT2D eigenvalue weighted by Gasteiger charge is -2.18. The SMILES string of the molecule is CN(C)CCCC1CCCCCCCCCC1. The fourth-order valence-corrected chi connectivity index (χ4v) is 3.06. The van der Waals surface area contributed by atoms with Crippen LogP contribution >= 0.6 is 0 Å². The Hall–Kier alpha value is -0.0400. The fraction of sp³-hybridized carbons (Fsp3) is 1.00. The Morgan fingerprint density at radius 1 is 0.765 bits per heavy atom. The summed E-state index contributed by atoms with van der Waals surface area (Å²) < 4.78 is 0. The van der Waals surface area contributed by atoms with E-state index in [1.54, 1.807) is 0 Å². The maximum Gasteiger partial charge on any atom is -0.00247 e. The van der Waals surface area contributed by atoms with E-state index in [4.69, 9.17) is 0 Å². The van der Waals surface area contributed by atoms with Crippen molar-refractivity contribution in [2.75, 3.05) is 20.6 Å². The van der Waals surface area contributed by atoms with Crippen LogP contribution in [0.4, 0.5) is 0 Å². The molecule has 0 aromatic rings. The van der Waals surface area contributed by atoms with Gasteiger partial charge >= 0.3 is 0 Å². The van der Waals surface area contributed by atoms with Crippen molar-refractivity contribution in [3.63, 3.8) is 0 Å². The van der Waals surface area contributed by atoms with Gasteiger partial charge in [-0.05, 0) is 39.4 Å². The van der Waals surface area contributed by atoms with Gasteiger partial charge in [0.1, 0.15) is 0 Å². The first-order chi connectivity index (χ1) is 8.29. The molecule has 1 heteroatoms. The van der Waals surface area contributed by atoms with Gasteiger partial charge in [0.05, 0.1) is 0 Å². The van der Waals surface area contributed by atoms with E-state index in [-0.39, 0.29) is 0 Å². The molecule has 102 valence electrons. The second-order valence-corrected chi connectivity index (χ2v) is 6.22. The third-order valence-electron chi connectivity index (χ3n) is 4.19. The van der Waals surface area contributed by atoms with E-state index >= 15 is 0 Å². The Labute approximate surface area is 109 Å². The van der Waals surface area contributed by atoms with E-state index in [1.165, 1.54) is 83.6 Å². The van der Waals surface area contributed by atoms with Crippen molar-refractivity contribution in [2.24, 2.45) is 5.92 Å². The number of hydrogen-bond donors (Lipinski definition) is 0. The van der Waals surface area contributed by atoms with Crippen molar-refractivity contribution < 1.29 is 0 Å². The van der Waals surface area contributed by atoms with Gasteiger partial charge in [-0.25, -0.2) is 0 Å². The van der Waals surface area contributed by atoms with Gasteiger partial charge in [0.25, 0.3) is 0 Å². The molecule has 1 aliphatic carbocycles. The van der Waals surface area contributed by atoms with E-state index in [1.807, 2.05) is 0 Å². The van der Waals surface area contributed by atoms with Crippen LogP contribution in [0.1, 0.15) is 77.0 Å². The number of hydrogen-bond acceptors (Lipinski definition) is 1. The van der Waals surface area contributed by atoms with E-state index in [0.29, 0.717) is 0 Å². The van der Waals surface area contributed by atoms with Gasteiger partial charge in [-0.1, -0.05) is 64.2 Å². The normalized spacial score (nSPS) is 21.4. The summed E-state index contributed by atoms with van der Waals surface area (Å²) in [6.07, 6.45) is 17.8. The molecule has 0 aromatic carbocycles. The first kappa shape index (κ1) is 15.0. The molecule has 1 fully saturated rings. The Kier molecular flexibility index (Phi) is 8.78. The van der Waals surface area contributed by atoms with Crippen LogP contribution in [0.3, 0.4) is 0 Å². The van der Waals surface area contributed by atoms with Gasteiger partial charge in [0.2, 0.25) is 0 Å². The second-order valence-electron chi connectivity index (χ2n) is 6.22. The van der Waals surface area contributed by atoms with Crippen LogP contribution in [0.15, 0.2) is 0 Å². The molecule has 0 aliphatic heterocycles. The molecule has 0 atom stereocenters. The summed E-state index contributed by atoms with van der Waals surface area (Å²) in [6, 6.07) is 0. The van der Waals surface area contributed by atoms with Crippen LogP contribution in [0.25, 0.3) is 0 Å². The summed E-state index contributed by atoms with van der Waals surface area (Å²) in [5, 5.41) is 0. The molecule has 0 radical (unpaired) electrons.